The Morgan fingerprint density at radius 2 is 1.91 bits per heavy atom. The molecule has 0 spiro atoms. The largest absolute Gasteiger partial charge is 0.305 e. The van der Waals surface area contributed by atoms with Crippen LogP contribution in [0.3, 0.4) is 0 Å². The first-order valence-corrected chi connectivity index (χ1v) is 8.57. The van der Waals surface area contributed by atoms with Gasteiger partial charge < -0.3 is 4.90 Å². The minimum atomic E-state index is 0.539. The third-order valence-corrected chi connectivity index (χ3v) is 4.62. The molecule has 0 amide bonds. The maximum Gasteiger partial charge on any atom is 0.0534 e. The Hall–Kier alpha value is -1.65. The fourth-order valence-corrected chi connectivity index (χ4v) is 3.56. The molecular weight excluding hydrogens is 284 g/mol. The summed E-state index contributed by atoms with van der Waals surface area (Å²) in [5, 5.41) is 4.30. The molecule has 1 fully saturated rings. The van der Waals surface area contributed by atoms with E-state index in [-0.39, 0.29) is 0 Å². The van der Waals surface area contributed by atoms with Gasteiger partial charge in [-0.05, 0) is 44.6 Å². The zero-order chi connectivity index (χ0) is 16.2. The van der Waals surface area contributed by atoms with Gasteiger partial charge in [0.1, 0.15) is 0 Å². The predicted molar refractivity (Wildman–Crippen MR) is 94.0 cm³/mol. The Bertz CT molecular complexity index is 615. The first-order chi connectivity index (χ1) is 11.1. The SMILES string of the molecule is CN(C)Cc1ccc(C2CCCCN2Cc2cnn(C)c2)cc1. The van der Waals surface area contributed by atoms with Crippen molar-refractivity contribution in [1.82, 2.24) is 19.6 Å². The van der Waals surface area contributed by atoms with Crippen LogP contribution in [-0.2, 0) is 20.1 Å². The molecule has 0 bridgehead atoms. The number of aryl methyl sites for hydroxylation is 1. The fraction of sp³-hybridized carbons (Fsp3) is 0.526. The lowest BCUT2D eigenvalue weighted by molar-refractivity contribution is 0.140. The summed E-state index contributed by atoms with van der Waals surface area (Å²) in [7, 11) is 6.22. The number of hydrogen-bond acceptors (Lipinski definition) is 3. The molecule has 4 nitrogen and oxygen atoms in total. The number of nitrogens with zero attached hydrogens (tertiary/aromatic N) is 4. The predicted octanol–water partition coefficient (Wildman–Crippen LogP) is 3.21. The first-order valence-electron chi connectivity index (χ1n) is 8.57. The van der Waals surface area contributed by atoms with Crippen molar-refractivity contribution in [3.8, 4) is 0 Å². The van der Waals surface area contributed by atoms with Crippen molar-refractivity contribution in [2.75, 3.05) is 20.6 Å². The highest BCUT2D eigenvalue weighted by molar-refractivity contribution is 5.25. The van der Waals surface area contributed by atoms with Crippen molar-refractivity contribution in [3.05, 3.63) is 53.3 Å². The zero-order valence-electron chi connectivity index (χ0n) is 14.6. The van der Waals surface area contributed by atoms with Crippen LogP contribution in [0.2, 0.25) is 0 Å². The van der Waals surface area contributed by atoms with Crippen molar-refractivity contribution in [1.29, 1.82) is 0 Å². The van der Waals surface area contributed by atoms with Gasteiger partial charge in [0.15, 0.2) is 0 Å². The minimum Gasteiger partial charge on any atom is -0.305 e. The van der Waals surface area contributed by atoms with Crippen LogP contribution < -0.4 is 0 Å². The second-order valence-corrected chi connectivity index (χ2v) is 6.98. The molecule has 4 heteroatoms. The van der Waals surface area contributed by atoms with E-state index in [1.165, 1.54) is 42.5 Å². The molecule has 23 heavy (non-hydrogen) atoms. The molecule has 1 aromatic heterocycles. The van der Waals surface area contributed by atoms with E-state index in [0.717, 1.165) is 13.1 Å². The summed E-state index contributed by atoms with van der Waals surface area (Å²) in [6.45, 7) is 3.18. The molecular formula is C19H28N4. The smallest absolute Gasteiger partial charge is 0.0534 e. The van der Waals surface area contributed by atoms with Crippen LogP contribution in [0, 0.1) is 0 Å². The Morgan fingerprint density at radius 1 is 1.13 bits per heavy atom. The number of piperidine rings is 1. The van der Waals surface area contributed by atoms with Crippen LogP contribution >= 0.6 is 0 Å². The molecule has 124 valence electrons. The maximum absolute atomic E-state index is 4.30. The molecule has 1 aromatic carbocycles. The van der Waals surface area contributed by atoms with Gasteiger partial charge in [0, 0.05) is 37.9 Å². The average Bonchev–Trinajstić information content (AvgIpc) is 2.93. The van der Waals surface area contributed by atoms with Crippen molar-refractivity contribution in [2.45, 2.75) is 38.4 Å². The van der Waals surface area contributed by atoms with Crippen molar-refractivity contribution in [3.63, 3.8) is 0 Å². The lowest BCUT2D eigenvalue weighted by Crippen LogP contribution is -2.32. The van der Waals surface area contributed by atoms with Crippen LogP contribution in [0.4, 0.5) is 0 Å². The lowest BCUT2D eigenvalue weighted by atomic mass is 9.94. The molecule has 1 unspecified atom stereocenters. The van der Waals surface area contributed by atoms with Crippen LogP contribution in [-0.4, -0.2) is 40.2 Å². The topological polar surface area (TPSA) is 24.3 Å². The van der Waals surface area contributed by atoms with E-state index in [9.17, 15) is 0 Å². The van der Waals surface area contributed by atoms with E-state index in [1.807, 2.05) is 17.9 Å². The number of likely N-dealkylation sites (tertiary alicyclic amines) is 1. The maximum atomic E-state index is 4.30. The summed E-state index contributed by atoms with van der Waals surface area (Å²) in [4.78, 5) is 4.83. The van der Waals surface area contributed by atoms with Crippen molar-refractivity contribution < 1.29 is 0 Å². The number of benzene rings is 1. The van der Waals surface area contributed by atoms with Gasteiger partial charge >= 0.3 is 0 Å². The Balaban J connectivity index is 1.72. The molecule has 1 aliphatic heterocycles. The van der Waals surface area contributed by atoms with Gasteiger partial charge in [0.25, 0.3) is 0 Å². The Labute approximate surface area is 139 Å². The molecule has 0 aliphatic carbocycles. The van der Waals surface area contributed by atoms with Crippen LogP contribution in [0.1, 0.15) is 42.0 Å². The molecule has 1 saturated heterocycles. The molecule has 3 rings (SSSR count). The third kappa shape index (κ3) is 4.21. The third-order valence-electron chi connectivity index (χ3n) is 4.62. The lowest BCUT2D eigenvalue weighted by Gasteiger charge is -2.36. The summed E-state index contributed by atoms with van der Waals surface area (Å²) >= 11 is 0. The second-order valence-electron chi connectivity index (χ2n) is 6.98. The normalized spacial score (nSPS) is 19.4. The highest BCUT2D eigenvalue weighted by Gasteiger charge is 2.24. The van der Waals surface area contributed by atoms with Gasteiger partial charge in [-0.1, -0.05) is 30.7 Å². The number of aromatic nitrogens is 2. The van der Waals surface area contributed by atoms with Gasteiger partial charge in [-0.25, -0.2) is 0 Å². The van der Waals surface area contributed by atoms with E-state index in [0.29, 0.717) is 6.04 Å². The van der Waals surface area contributed by atoms with Gasteiger partial charge in [-0.15, -0.1) is 0 Å². The molecule has 1 atom stereocenters. The number of rotatable bonds is 5. The van der Waals surface area contributed by atoms with Crippen LogP contribution in [0.15, 0.2) is 36.7 Å². The first kappa shape index (κ1) is 16.2. The summed E-state index contributed by atoms with van der Waals surface area (Å²) in [5.74, 6) is 0. The molecule has 2 heterocycles. The Kier molecular flexibility index (Phi) is 5.13. The summed E-state index contributed by atoms with van der Waals surface area (Å²) < 4.78 is 1.89. The summed E-state index contributed by atoms with van der Waals surface area (Å²) in [6.07, 6.45) is 8.01. The van der Waals surface area contributed by atoms with Gasteiger partial charge in [0.05, 0.1) is 6.20 Å². The van der Waals surface area contributed by atoms with E-state index in [2.05, 4.69) is 59.5 Å². The molecule has 0 N–H and O–H groups in total. The van der Waals surface area contributed by atoms with Gasteiger partial charge in [-0.3, -0.25) is 9.58 Å². The summed E-state index contributed by atoms with van der Waals surface area (Å²) in [5.41, 5.74) is 4.15. The quantitative estimate of drug-likeness (QED) is 0.847. The highest BCUT2D eigenvalue weighted by Crippen LogP contribution is 2.32. The number of hydrogen-bond donors (Lipinski definition) is 0. The summed E-state index contributed by atoms with van der Waals surface area (Å²) in [6, 6.07) is 9.76. The highest BCUT2D eigenvalue weighted by atomic mass is 15.2. The van der Waals surface area contributed by atoms with Crippen LogP contribution in [0.25, 0.3) is 0 Å². The van der Waals surface area contributed by atoms with Gasteiger partial charge in [-0.2, -0.15) is 5.10 Å². The van der Waals surface area contributed by atoms with Gasteiger partial charge in [0.2, 0.25) is 0 Å². The molecule has 0 radical (unpaired) electrons. The zero-order valence-corrected chi connectivity index (χ0v) is 14.6. The Morgan fingerprint density at radius 3 is 2.57 bits per heavy atom. The molecule has 2 aromatic rings. The van der Waals surface area contributed by atoms with Crippen molar-refractivity contribution in [2.24, 2.45) is 7.05 Å². The van der Waals surface area contributed by atoms with E-state index in [1.54, 1.807) is 0 Å². The molecule has 1 aliphatic rings. The molecule has 0 saturated carbocycles. The minimum absolute atomic E-state index is 0.539. The van der Waals surface area contributed by atoms with Crippen molar-refractivity contribution >= 4 is 0 Å². The van der Waals surface area contributed by atoms with E-state index in [4.69, 9.17) is 0 Å². The fourth-order valence-electron chi connectivity index (χ4n) is 3.56. The standard InChI is InChI=1S/C19H28N4/c1-21(2)13-16-7-9-18(10-8-16)19-6-4-5-11-23(19)15-17-12-20-22(3)14-17/h7-10,12,14,19H,4-6,11,13,15H2,1-3H3. The second kappa shape index (κ2) is 7.28. The van der Waals surface area contributed by atoms with E-state index < -0.39 is 0 Å². The van der Waals surface area contributed by atoms with Crippen LogP contribution in [0.5, 0.6) is 0 Å². The average molecular weight is 312 g/mol. The van der Waals surface area contributed by atoms with E-state index >= 15 is 0 Å². The monoisotopic (exact) mass is 312 g/mol.